The zero-order valence-electron chi connectivity index (χ0n) is 17.7. The van der Waals surface area contributed by atoms with Crippen LogP contribution in [0.15, 0.2) is 60.8 Å². The molecule has 0 radical (unpaired) electrons. The van der Waals surface area contributed by atoms with E-state index in [1.807, 2.05) is 30.3 Å². The predicted octanol–water partition coefficient (Wildman–Crippen LogP) is 2.47. The van der Waals surface area contributed by atoms with Crippen LogP contribution in [0.1, 0.15) is 28.9 Å². The van der Waals surface area contributed by atoms with Crippen LogP contribution in [0.5, 0.6) is 0 Å². The predicted molar refractivity (Wildman–Crippen MR) is 120 cm³/mol. The monoisotopic (exact) mass is 447 g/mol. The second-order valence-corrected chi connectivity index (χ2v) is 7.55. The zero-order chi connectivity index (χ0) is 23.2. The Morgan fingerprint density at radius 2 is 1.85 bits per heavy atom. The van der Waals surface area contributed by atoms with Crippen LogP contribution < -0.4 is 16.0 Å². The SMILES string of the molecule is O=C1CC[C@@H](C(=O)NCCc2nc(-c3ccccc3)ncc2C(=O)Nc2ccccc2F)N1. The lowest BCUT2D eigenvalue weighted by Crippen LogP contribution is -2.42. The molecule has 1 atom stereocenters. The van der Waals surface area contributed by atoms with E-state index >= 15 is 0 Å². The minimum Gasteiger partial charge on any atom is -0.354 e. The molecule has 9 heteroatoms. The van der Waals surface area contributed by atoms with E-state index in [0.717, 1.165) is 5.56 Å². The molecular weight excluding hydrogens is 425 g/mol. The standard InChI is InChI=1S/C24H22FN5O3/c25-17-8-4-5-9-19(17)30-23(32)16-14-27-22(15-6-2-1-3-7-15)29-18(16)12-13-26-24(33)20-10-11-21(31)28-20/h1-9,14,20H,10-13H2,(H,26,33)(H,28,31)(H,30,32)/t20-/m0/s1. The molecule has 2 heterocycles. The van der Waals surface area contributed by atoms with E-state index < -0.39 is 17.8 Å². The van der Waals surface area contributed by atoms with Crippen molar-refractivity contribution in [2.24, 2.45) is 0 Å². The molecule has 1 aliphatic rings. The van der Waals surface area contributed by atoms with Crippen LogP contribution in [-0.4, -0.2) is 40.3 Å². The number of para-hydroxylation sites is 1. The lowest BCUT2D eigenvalue weighted by molar-refractivity contribution is -0.125. The van der Waals surface area contributed by atoms with Gasteiger partial charge in [-0.15, -0.1) is 0 Å². The molecule has 1 aliphatic heterocycles. The van der Waals surface area contributed by atoms with E-state index in [1.165, 1.54) is 24.4 Å². The zero-order valence-corrected chi connectivity index (χ0v) is 17.7. The first-order chi connectivity index (χ1) is 16.0. The summed E-state index contributed by atoms with van der Waals surface area (Å²) in [7, 11) is 0. The lowest BCUT2D eigenvalue weighted by Gasteiger charge is -2.13. The van der Waals surface area contributed by atoms with Crippen molar-refractivity contribution < 1.29 is 18.8 Å². The third-order valence-electron chi connectivity index (χ3n) is 5.24. The van der Waals surface area contributed by atoms with Gasteiger partial charge in [0.25, 0.3) is 5.91 Å². The van der Waals surface area contributed by atoms with Crippen molar-refractivity contribution in [3.8, 4) is 11.4 Å². The van der Waals surface area contributed by atoms with Gasteiger partial charge in [-0.3, -0.25) is 14.4 Å². The van der Waals surface area contributed by atoms with Gasteiger partial charge in [-0.05, 0) is 18.6 Å². The van der Waals surface area contributed by atoms with Crippen molar-refractivity contribution in [1.82, 2.24) is 20.6 Å². The number of hydrogen-bond donors (Lipinski definition) is 3. The molecule has 3 amide bonds. The van der Waals surface area contributed by atoms with Gasteiger partial charge in [-0.1, -0.05) is 42.5 Å². The largest absolute Gasteiger partial charge is 0.354 e. The van der Waals surface area contributed by atoms with Gasteiger partial charge in [0.05, 0.1) is 16.9 Å². The number of benzene rings is 2. The lowest BCUT2D eigenvalue weighted by atomic mass is 10.1. The Morgan fingerprint density at radius 3 is 2.58 bits per heavy atom. The summed E-state index contributed by atoms with van der Waals surface area (Å²) in [6.07, 6.45) is 2.42. The van der Waals surface area contributed by atoms with Gasteiger partial charge >= 0.3 is 0 Å². The fourth-order valence-electron chi connectivity index (χ4n) is 3.51. The van der Waals surface area contributed by atoms with Gasteiger partial charge in [0.2, 0.25) is 11.8 Å². The third kappa shape index (κ3) is 5.38. The van der Waals surface area contributed by atoms with E-state index in [4.69, 9.17) is 0 Å². The molecule has 3 N–H and O–H groups in total. The normalized spacial score (nSPS) is 15.1. The topological polar surface area (TPSA) is 113 Å². The summed E-state index contributed by atoms with van der Waals surface area (Å²) >= 11 is 0. The smallest absolute Gasteiger partial charge is 0.259 e. The Kier molecular flexibility index (Phi) is 6.68. The van der Waals surface area contributed by atoms with E-state index in [-0.39, 0.29) is 36.0 Å². The summed E-state index contributed by atoms with van der Waals surface area (Å²) < 4.78 is 14.0. The molecule has 0 bridgehead atoms. The highest BCUT2D eigenvalue weighted by Crippen LogP contribution is 2.19. The second-order valence-electron chi connectivity index (χ2n) is 7.55. The fraction of sp³-hybridized carbons (Fsp3) is 0.208. The second kappa shape index (κ2) is 9.99. The number of nitrogens with one attached hydrogen (secondary N) is 3. The van der Waals surface area contributed by atoms with Gasteiger partial charge < -0.3 is 16.0 Å². The Bertz CT molecular complexity index is 1190. The summed E-state index contributed by atoms with van der Waals surface area (Å²) in [5.41, 5.74) is 1.41. The van der Waals surface area contributed by atoms with Crippen LogP contribution in [0.2, 0.25) is 0 Å². The fourth-order valence-corrected chi connectivity index (χ4v) is 3.51. The molecule has 1 saturated heterocycles. The first-order valence-corrected chi connectivity index (χ1v) is 10.6. The van der Waals surface area contributed by atoms with E-state index in [1.54, 1.807) is 6.07 Å². The highest BCUT2D eigenvalue weighted by Gasteiger charge is 2.27. The molecule has 0 saturated carbocycles. The number of nitrogens with zero attached hydrogens (tertiary/aromatic N) is 2. The van der Waals surface area contributed by atoms with Crippen LogP contribution >= 0.6 is 0 Å². The van der Waals surface area contributed by atoms with Gasteiger partial charge in [0.1, 0.15) is 11.9 Å². The molecule has 4 rings (SSSR count). The quantitative estimate of drug-likeness (QED) is 0.515. The minimum atomic E-state index is -0.555. The first kappa shape index (κ1) is 22.1. The van der Waals surface area contributed by atoms with Crippen LogP contribution in [0, 0.1) is 5.82 Å². The van der Waals surface area contributed by atoms with Crippen LogP contribution in [-0.2, 0) is 16.0 Å². The summed E-state index contributed by atoms with van der Waals surface area (Å²) in [4.78, 5) is 45.4. The maximum Gasteiger partial charge on any atom is 0.259 e. The van der Waals surface area contributed by atoms with E-state index in [9.17, 15) is 18.8 Å². The summed E-state index contributed by atoms with van der Waals surface area (Å²) in [6.45, 7) is 0.205. The van der Waals surface area contributed by atoms with Crippen LogP contribution in [0.4, 0.5) is 10.1 Å². The van der Waals surface area contributed by atoms with Crippen molar-refractivity contribution >= 4 is 23.4 Å². The van der Waals surface area contributed by atoms with Crippen molar-refractivity contribution in [3.05, 3.63) is 77.9 Å². The maximum absolute atomic E-state index is 14.0. The van der Waals surface area contributed by atoms with Crippen molar-refractivity contribution in [2.75, 3.05) is 11.9 Å². The number of halogens is 1. The van der Waals surface area contributed by atoms with Gasteiger partial charge in [-0.25, -0.2) is 14.4 Å². The molecule has 168 valence electrons. The van der Waals surface area contributed by atoms with E-state index in [0.29, 0.717) is 24.4 Å². The van der Waals surface area contributed by atoms with Gasteiger partial charge in [0.15, 0.2) is 5.82 Å². The van der Waals surface area contributed by atoms with Crippen molar-refractivity contribution in [1.29, 1.82) is 0 Å². The highest BCUT2D eigenvalue weighted by molar-refractivity contribution is 6.05. The number of aromatic nitrogens is 2. The Hall–Kier alpha value is -4.14. The molecule has 3 aromatic rings. The average Bonchev–Trinajstić information content (AvgIpc) is 3.27. The van der Waals surface area contributed by atoms with Gasteiger partial charge in [0, 0.05) is 31.1 Å². The molecule has 0 unspecified atom stereocenters. The van der Waals surface area contributed by atoms with Crippen molar-refractivity contribution in [3.63, 3.8) is 0 Å². The number of rotatable bonds is 7. The Balaban J connectivity index is 1.53. The summed E-state index contributed by atoms with van der Waals surface area (Å²) in [6, 6.07) is 14.6. The number of anilines is 1. The average molecular weight is 447 g/mol. The molecular formula is C24H22FN5O3. The minimum absolute atomic E-state index is 0.0471. The Labute approximate surface area is 189 Å². The third-order valence-corrected chi connectivity index (χ3v) is 5.24. The Morgan fingerprint density at radius 1 is 1.09 bits per heavy atom. The van der Waals surface area contributed by atoms with E-state index in [2.05, 4.69) is 25.9 Å². The molecule has 2 aromatic carbocycles. The number of amides is 3. The molecule has 33 heavy (non-hydrogen) atoms. The summed E-state index contributed by atoms with van der Waals surface area (Å²) in [5.74, 6) is -1.10. The van der Waals surface area contributed by atoms with Gasteiger partial charge in [-0.2, -0.15) is 0 Å². The summed E-state index contributed by atoms with van der Waals surface area (Å²) in [5, 5.41) is 7.94. The number of carbonyl (C=O) groups is 3. The molecule has 0 spiro atoms. The number of hydrogen-bond acceptors (Lipinski definition) is 5. The molecule has 0 aliphatic carbocycles. The molecule has 1 fully saturated rings. The maximum atomic E-state index is 14.0. The first-order valence-electron chi connectivity index (χ1n) is 10.6. The molecule has 1 aromatic heterocycles. The van der Waals surface area contributed by atoms with Crippen LogP contribution in [0.25, 0.3) is 11.4 Å². The van der Waals surface area contributed by atoms with Crippen molar-refractivity contribution in [2.45, 2.75) is 25.3 Å². The molecule has 8 nitrogen and oxygen atoms in total. The number of carbonyl (C=O) groups excluding carboxylic acids is 3. The van der Waals surface area contributed by atoms with Crippen LogP contribution in [0.3, 0.4) is 0 Å². The highest BCUT2D eigenvalue weighted by atomic mass is 19.1.